The quantitative estimate of drug-likeness (QED) is 0.637. The van der Waals surface area contributed by atoms with Crippen LogP contribution < -0.4 is 10.3 Å². The lowest BCUT2D eigenvalue weighted by molar-refractivity contribution is 0.431. The third-order valence-electron chi connectivity index (χ3n) is 4.16. The van der Waals surface area contributed by atoms with Crippen molar-refractivity contribution < 1.29 is 9.84 Å². The normalized spacial score (nSPS) is 14.2. The van der Waals surface area contributed by atoms with Gasteiger partial charge in [0.15, 0.2) is 4.77 Å². The minimum atomic E-state index is -0.506. The Labute approximate surface area is 171 Å². The summed E-state index contributed by atoms with van der Waals surface area (Å²) in [5.74, 6) is 1.64. The molecule has 29 heavy (non-hydrogen) atoms. The second kappa shape index (κ2) is 7.69. The van der Waals surface area contributed by atoms with E-state index in [1.807, 2.05) is 30.3 Å². The van der Waals surface area contributed by atoms with Crippen LogP contribution in [0.3, 0.4) is 0 Å². The Hall–Kier alpha value is -3.78. The van der Waals surface area contributed by atoms with E-state index in [1.54, 1.807) is 31.2 Å². The fourth-order valence-electron chi connectivity index (χ4n) is 2.82. The highest BCUT2D eigenvalue weighted by Crippen LogP contribution is 2.26. The van der Waals surface area contributed by atoms with Crippen molar-refractivity contribution >= 4 is 30.3 Å². The first-order chi connectivity index (χ1) is 14.0. The van der Waals surface area contributed by atoms with Crippen LogP contribution in [0.5, 0.6) is 17.4 Å². The average molecular weight is 404 g/mol. The lowest BCUT2D eigenvalue weighted by atomic mass is 10.2. The lowest BCUT2D eigenvalue weighted by Gasteiger charge is -2.12. The van der Waals surface area contributed by atoms with Crippen LogP contribution in [0, 0.1) is 4.77 Å². The highest BCUT2D eigenvalue weighted by Gasteiger charge is 2.14. The molecule has 8 heteroatoms. The summed E-state index contributed by atoms with van der Waals surface area (Å²) in [6, 6.07) is 16.4. The molecule has 1 aliphatic heterocycles. The topological polar surface area (TPSA) is 92.0 Å². The molecule has 144 valence electrons. The summed E-state index contributed by atoms with van der Waals surface area (Å²) in [5.41, 5.74) is 0.582. The first kappa shape index (κ1) is 18.6. The second-order valence-corrected chi connectivity index (χ2v) is 6.61. The number of hydrogen-bond donors (Lipinski definition) is 2. The Bertz CT molecular complexity index is 1270. The Morgan fingerprint density at radius 2 is 1.79 bits per heavy atom. The number of para-hydroxylation sites is 1. The number of rotatable bonds is 4. The third-order valence-corrected chi connectivity index (χ3v) is 4.45. The van der Waals surface area contributed by atoms with Crippen molar-refractivity contribution in [2.45, 2.75) is 6.92 Å². The largest absolute Gasteiger partial charge is 0.494 e. The predicted molar refractivity (Wildman–Crippen MR) is 115 cm³/mol. The minimum absolute atomic E-state index is 0.0445. The first-order valence-corrected chi connectivity index (χ1v) is 9.15. The van der Waals surface area contributed by atoms with Crippen molar-refractivity contribution in [3.8, 4) is 23.1 Å². The van der Waals surface area contributed by atoms with Gasteiger partial charge in [-0.05, 0) is 61.6 Å². The van der Waals surface area contributed by atoms with Crippen molar-refractivity contribution in [1.29, 1.82) is 0 Å². The summed E-state index contributed by atoms with van der Waals surface area (Å²) in [5, 5.41) is 10.7. The van der Waals surface area contributed by atoms with E-state index in [2.05, 4.69) is 15.0 Å². The van der Waals surface area contributed by atoms with Gasteiger partial charge in [0.2, 0.25) is 5.88 Å². The molecular weight excluding hydrogens is 388 g/mol. The van der Waals surface area contributed by atoms with Gasteiger partial charge in [-0.1, -0.05) is 18.2 Å². The molecule has 0 spiro atoms. The van der Waals surface area contributed by atoms with Crippen molar-refractivity contribution in [3.63, 3.8) is 0 Å². The molecule has 0 fully saturated rings. The summed E-state index contributed by atoms with van der Waals surface area (Å²) in [7, 11) is 0. The lowest BCUT2D eigenvalue weighted by Crippen LogP contribution is -2.16. The van der Waals surface area contributed by atoms with Crippen LogP contribution in [0.15, 0.2) is 75.1 Å². The number of aromatic hydroxyl groups is 1. The number of allylic oxidation sites excluding steroid dienone is 1. The highest BCUT2D eigenvalue weighted by atomic mass is 32.1. The van der Waals surface area contributed by atoms with Crippen LogP contribution >= 0.6 is 12.2 Å². The number of hydrogen-bond acceptors (Lipinski definition) is 6. The number of nitrogens with zero attached hydrogens (tertiary/aromatic N) is 3. The number of aliphatic imine (C=N–C) groups is 2. The van der Waals surface area contributed by atoms with E-state index >= 15 is 0 Å². The summed E-state index contributed by atoms with van der Waals surface area (Å²) in [6.45, 7) is 1.74. The van der Waals surface area contributed by atoms with Gasteiger partial charge >= 0.3 is 0 Å². The van der Waals surface area contributed by atoms with Crippen molar-refractivity contribution in [2.75, 3.05) is 0 Å². The molecule has 0 amide bonds. The molecular formula is C21H16N4O3S. The highest BCUT2D eigenvalue weighted by molar-refractivity contribution is 7.71. The molecule has 1 aromatic heterocycles. The van der Waals surface area contributed by atoms with E-state index in [0.717, 1.165) is 0 Å². The zero-order valence-corrected chi connectivity index (χ0v) is 16.2. The average Bonchev–Trinajstić information content (AvgIpc) is 3.12. The number of aromatic amines is 1. The van der Waals surface area contributed by atoms with Gasteiger partial charge in [0.1, 0.15) is 22.9 Å². The molecule has 2 N–H and O–H groups in total. The number of amidine groups is 1. The molecule has 7 nitrogen and oxygen atoms in total. The van der Waals surface area contributed by atoms with Crippen LogP contribution in [0.4, 0.5) is 0 Å². The molecule has 0 saturated carbocycles. The molecule has 3 aromatic rings. The molecule has 4 rings (SSSR count). The van der Waals surface area contributed by atoms with Crippen LogP contribution in [0.1, 0.15) is 12.5 Å². The molecule has 0 radical (unpaired) electrons. The Balaban J connectivity index is 1.72. The predicted octanol–water partition coefficient (Wildman–Crippen LogP) is 4.24. The van der Waals surface area contributed by atoms with Gasteiger partial charge in [0.05, 0.1) is 17.6 Å². The van der Waals surface area contributed by atoms with E-state index in [-0.39, 0.29) is 16.2 Å². The van der Waals surface area contributed by atoms with E-state index in [0.29, 0.717) is 28.7 Å². The van der Waals surface area contributed by atoms with E-state index in [1.165, 1.54) is 16.9 Å². The maximum Gasteiger partial charge on any atom is 0.262 e. The van der Waals surface area contributed by atoms with Gasteiger partial charge in [0, 0.05) is 0 Å². The van der Waals surface area contributed by atoms with Crippen molar-refractivity contribution in [1.82, 2.24) is 9.55 Å². The van der Waals surface area contributed by atoms with Gasteiger partial charge in [0.25, 0.3) is 5.56 Å². The number of aromatic nitrogens is 2. The maximum atomic E-state index is 12.3. The van der Waals surface area contributed by atoms with Crippen LogP contribution in [0.25, 0.3) is 11.8 Å². The first-order valence-electron chi connectivity index (χ1n) is 8.74. The van der Waals surface area contributed by atoms with Crippen LogP contribution in [-0.2, 0) is 0 Å². The molecule has 0 unspecified atom stereocenters. The fraction of sp³-hybridized carbons (Fsp3) is 0.0476. The van der Waals surface area contributed by atoms with Gasteiger partial charge in [-0.15, -0.1) is 0 Å². The van der Waals surface area contributed by atoms with Gasteiger partial charge in [-0.3, -0.25) is 14.3 Å². The Kier molecular flexibility index (Phi) is 4.92. The molecule has 2 heterocycles. The molecule has 0 bridgehead atoms. The number of ether oxygens (including phenoxy) is 1. The smallest absolute Gasteiger partial charge is 0.262 e. The van der Waals surface area contributed by atoms with Gasteiger partial charge < -0.3 is 9.84 Å². The fourth-order valence-corrected chi connectivity index (χ4v) is 3.10. The summed E-state index contributed by atoms with van der Waals surface area (Å²) in [6.07, 6.45) is 2.99. The van der Waals surface area contributed by atoms with Crippen molar-refractivity contribution in [3.05, 3.63) is 81.0 Å². The third kappa shape index (κ3) is 3.92. The van der Waals surface area contributed by atoms with Crippen molar-refractivity contribution in [2.24, 2.45) is 9.98 Å². The van der Waals surface area contributed by atoms with Gasteiger partial charge in [-0.2, -0.15) is 0 Å². The Morgan fingerprint density at radius 3 is 2.45 bits per heavy atom. The molecule has 0 aliphatic carbocycles. The summed E-state index contributed by atoms with van der Waals surface area (Å²) >= 11 is 5.25. The zero-order chi connectivity index (χ0) is 20.4. The molecule has 0 saturated heterocycles. The van der Waals surface area contributed by atoms with Crippen LogP contribution in [0.2, 0.25) is 0 Å². The second-order valence-electron chi connectivity index (χ2n) is 6.23. The SMILES string of the molecule is CC1=NC(=Cc2c(O)n(-c3ccc(Oc4ccccc4)cc3)c(=S)[nH]c2=O)C=N1. The molecule has 0 atom stereocenters. The minimum Gasteiger partial charge on any atom is -0.494 e. The number of H-pyrrole nitrogens is 1. The standard InChI is InChI=1S/C21H16N4O3S/c1-13-22-12-14(23-13)11-18-19(26)24-21(29)25(20(18)27)15-7-9-17(10-8-15)28-16-5-3-2-4-6-16/h2-12,27H,1H3,(H,24,26,29). The summed E-state index contributed by atoms with van der Waals surface area (Å²) in [4.78, 5) is 23.1. The monoisotopic (exact) mass is 404 g/mol. The van der Waals surface area contributed by atoms with Crippen LogP contribution in [-0.4, -0.2) is 26.7 Å². The molecule has 2 aromatic carbocycles. The van der Waals surface area contributed by atoms with E-state index in [9.17, 15) is 9.90 Å². The molecule has 1 aliphatic rings. The van der Waals surface area contributed by atoms with E-state index in [4.69, 9.17) is 17.0 Å². The Morgan fingerprint density at radius 1 is 1.10 bits per heavy atom. The zero-order valence-electron chi connectivity index (χ0n) is 15.4. The summed E-state index contributed by atoms with van der Waals surface area (Å²) < 4.78 is 7.23. The van der Waals surface area contributed by atoms with Gasteiger partial charge in [-0.25, -0.2) is 9.98 Å². The maximum absolute atomic E-state index is 12.3. The number of benzene rings is 2. The number of nitrogens with one attached hydrogen (secondary N) is 1. The van der Waals surface area contributed by atoms with E-state index < -0.39 is 5.56 Å².